The Morgan fingerprint density at radius 2 is 1.87 bits per heavy atom. The molecule has 31 heavy (non-hydrogen) atoms. The molecule has 0 aromatic heterocycles. The normalized spacial score (nSPS) is 17.7. The third kappa shape index (κ3) is 5.37. The van der Waals surface area contributed by atoms with Crippen LogP contribution < -0.4 is 9.64 Å². The molecule has 0 amide bonds. The van der Waals surface area contributed by atoms with Crippen LogP contribution in [0.15, 0.2) is 42.5 Å². The van der Waals surface area contributed by atoms with Gasteiger partial charge in [0.2, 0.25) is 0 Å². The summed E-state index contributed by atoms with van der Waals surface area (Å²) < 4.78 is 11.2. The summed E-state index contributed by atoms with van der Waals surface area (Å²) in [5.74, 6) is 2.30. The number of phenolic OH excluding ortho intramolecular Hbond substituents is 1. The number of rotatable bonds is 10. The molecule has 0 spiro atoms. The van der Waals surface area contributed by atoms with Crippen LogP contribution in [-0.2, 0) is 9.53 Å². The van der Waals surface area contributed by atoms with Gasteiger partial charge in [-0.1, -0.05) is 12.1 Å². The summed E-state index contributed by atoms with van der Waals surface area (Å²) in [5, 5.41) is 9.79. The van der Waals surface area contributed by atoms with Gasteiger partial charge in [0.25, 0.3) is 6.47 Å². The molecule has 4 rings (SSSR count). The number of hydrogen-bond donors (Lipinski definition) is 1. The third-order valence-corrected chi connectivity index (χ3v) is 6.40. The molecule has 1 aliphatic carbocycles. The van der Waals surface area contributed by atoms with Crippen LogP contribution in [0.2, 0.25) is 0 Å². The minimum atomic E-state index is 0.175. The molecule has 2 aliphatic rings. The Bertz CT molecular complexity index is 903. The molecule has 2 aromatic rings. The lowest BCUT2D eigenvalue weighted by atomic mass is 9.94. The number of piperidine rings is 1. The highest BCUT2D eigenvalue weighted by Crippen LogP contribution is 2.43. The highest BCUT2D eigenvalue weighted by molar-refractivity contribution is 5.85. The summed E-state index contributed by atoms with van der Waals surface area (Å²) in [5.41, 5.74) is 2.57. The lowest BCUT2D eigenvalue weighted by molar-refractivity contribution is -0.129. The first-order valence-corrected chi connectivity index (χ1v) is 11.0. The summed E-state index contributed by atoms with van der Waals surface area (Å²) in [7, 11) is 0. The van der Waals surface area contributed by atoms with E-state index in [1.54, 1.807) is 18.2 Å². The zero-order chi connectivity index (χ0) is 21.6. The molecular weight excluding hydrogens is 394 g/mol. The fourth-order valence-electron chi connectivity index (χ4n) is 4.44. The lowest BCUT2D eigenvalue weighted by Gasteiger charge is -2.34. The maximum Gasteiger partial charge on any atom is 0.293 e. The number of hydrogen-bond acceptors (Lipinski definition) is 6. The number of ether oxygens (including phenoxy) is 2. The number of carbonyl (C=O) groups is 2. The molecule has 0 bridgehead atoms. The maximum atomic E-state index is 11.3. The average Bonchev–Trinajstić information content (AvgIpc) is 3.64. The number of anilines is 1. The number of aromatic hydroxyl groups is 1. The van der Waals surface area contributed by atoms with Crippen molar-refractivity contribution in [3.05, 3.63) is 53.6 Å². The number of aldehydes is 1. The van der Waals surface area contributed by atoms with E-state index in [9.17, 15) is 14.7 Å². The van der Waals surface area contributed by atoms with Crippen LogP contribution in [-0.4, -0.2) is 44.2 Å². The zero-order valence-electron chi connectivity index (χ0n) is 17.6. The van der Waals surface area contributed by atoms with E-state index in [1.165, 1.54) is 18.4 Å². The van der Waals surface area contributed by atoms with Crippen LogP contribution in [0.5, 0.6) is 11.5 Å². The molecule has 6 heteroatoms. The highest BCUT2D eigenvalue weighted by Gasteiger charge is 2.33. The van der Waals surface area contributed by atoms with Crippen molar-refractivity contribution < 1.29 is 24.2 Å². The van der Waals surface area contributed by atoms with Crippen molar-refractivity contribution >= 4 is 18.4 Å². The predicted molar refractivity (Wildman–Crippen MR) is 118 cm³/mol. The standard InChI is InChI=1S/C25H29NO5/c27-14-21-6-7-22(29)13-25(21)26-10-8-18(9-11-26)15-31-23-3-1-2-20(12-23)24(16-30-17-28)19-4-5-19/h1-3,6-7,12-14,17-19,24,29H,4-5,8-11,15-16H2. The van der Waals surface area contributed by atoms with E-state index in [1.807, 2.05) is 12.1 Å². The van der Waals surface area contributed by atoms with E-state index < -0.39 is 0 Å². The van der Waals surface area contributed by atoms with Crippen LogP contribution in [0.25, 0.3) is 0 Å². The van der Waals surface area contributed by atoms with Gasteiger partial charge in [0.15, 0.2) is 6.29 Å². The van der Waals surface area contributed by atoms with E-state index in [0.717, 1.165) is 43.7 Å². The fourth-order valence-corrected chi connectivity index (χ4v) is 4.44. The topological polar surface area (TPSA) is 76.1 Å². The van der Waals surface area contributed by atoms with Gasteiger partial charge >= 0.3 is 0 Å². The molecule has 2 fully saturated rings. The fraction of sp³-hybridized carbons (Fsp3) is 0.440. The summed E-state index contributed by atoms with van der Waals surface area (Å²) in [6, 6.07) is 13.0. The average molecular weight is 424 g/mol. The van der Waals surface area contributed by atoms with Gasteiger partial charge in [-0.2, -0.15) is 0 Å². The smallest absolute Gasteiger partial charge is 0.293 e. The molecule has 2 aromatic carbocycles. The predicted octanol–water partition coefficient (Wildman–Crippen LogP) is 4.17. The molecule has 164 valence electrons. The molecule has 1 unspecified atom stereocenters. The largest absolute Gasteiger partial charge is 0.508 e. The quantitative estimate of drug-likeness (QED) is 0.578. The number of nitrogens with zero attached hydrogens (tertiary/aromatic N) is 1. The molecule has 0 radical (unpaired) electrons. The summed E-state index contributed by atoms with van der Waals surface area (Å²) in [6.07, 6.45) is 5.13. The van der Waals surface area contributed by atoms with Crippen LogP contribution in [0, 0.1) is 11.8 Å². The molecule has 1 atom stereocenters. The van der Waals surface area contributed by atoms with Crippen molar-refractivity contribution in [2.75, 3.05) is 31.2 Å². The van der Waals surface area contributed by atoms with Crippen molar-refractivity contribution in [2.24, 2.45) is 11.8 Å². The minimum absolute atomic E-state index is 0.175. The van der Waals surface area contributed by atoms with Crippen molar-refractivity contribution in [1.82, 2.24) is 0 Å². The Balaban J connectivity index is 1.31. The molecule has 1 aliphatic heterocycles. The van der Waals surface area contributed by atoms with Crippen molar-refractivity contribution in [2.45, 2.75) is 31.6 Å². The molecule has 1 saturated heterocycles. The van der Waals surface area contributed by atoms with Gasteiger partial charge in [-0.25, -0.2) is 0 Å². The number of carbonyl (C=O) groups excluding carboxylic acids is 2. The van der Waals surface area contributed by atoms with Crippen LogP contribution in [0.1, 0.15) is 47.5 Å². The maximum absolute atomic E-state index is 11.3. The van der Waals surface area contributed by atoms with Crippen LogP contribution in [0.4, 0.5) is 5.69 Å². The van der Waals surface area contributed by atoms with Gasteiger partial charge in [0.1, 0.15) is 11.5 Å². The molecule has 1 N–H and O–H groups in total. The van der Waals surface area contributed by atoms with E-state index in [4.69, 9.17) is 9.47 Å². The first kappa shape index (κ1) is 21.2. The highest BCUT2D eigenvalue weighted by atomic mass is 16.5. The van der Waals surface area contributed by atoms with Crippen molar-refractivity contribution in [3.63, 3.8) is 0 Å². The zero-order valence-corrected chi connectivity index (χ0v) is 17.6. The van der Waals surface area contributed by atoms with Gasteiger partial charge < -0.3 is 19.5 Å². The SMILES string of the molecule is O=COCC(c1cccc(OCC2CCN(c3cc(O)ccc3C=O)CC2)c1)C1CC1. The first-order chi connectivity index (χ1) is 15.2. The monoisotopic (exact) mass is 423 g/mol. The van der Waals surface area contributed by atoms with Gasteiger partial charge in [-0.05, 0) is 67.3 Å². The minimum Gasteiger partial charge on any atom is -0.508 e. The summed E-state index contributed by atoms with van der Waals surface area (Å²) in [4.78, 5) is 24.1. The van der Waals surface area contributed by atoms with Gasteiger partial charge in [0, 0.05) is 30.6 Å². The molecule has 6 nitrogen and oxygen atoms in total. The molecule has 1 saturated carbocycles. The van der Waals surface area contributed by atoms with Gasteiger partial charge in [0.05, 0.1) is 18.9 Å². The van der Waals surface area contributed by atoms with E-state index in [0.29, 0.717) is 37.1 Å². The second-order valence-electron chi connectivity index (χ2n) is 8.55. The van der Waals surface area contributed by atoms with Gasteiger partial charge in [-0.15, -0.1) is 0 Å². The second-order valence-corrected chi connectivity index (χ2v) is 8.55. The van der Waals surface area contributed by atoms with Crippen molar-refractivity contribution in [3.8, 4) is 11.5 Å². The van der Waals surface area contributed by atoms with Crippen molar-refractivity contribution in [1.29, 1.82) is 0 Å². The van der Waals surface area contributed by atoms with E-state index >= 15 is 0 Å². The van der Waals surface area contributed by atoms with E-state index in [-0.39, 0.29) is 11.7 Å². The van der Waals surface area contributed by atoms with E-state index in [2.05, 4.69) is 17.0 Å². The Morgan fingerprint density at radius 1 is 1.06 bits per heavy atom. The Kier molecular flexibility index (Phi) is 6.75. The Hall–Kier alpha value is -3.02. The summed E-state index contributed by atoms with van der Waals surface area (Å²) in [6.45, 7) is 3.25. The number of benzene rings is 2. The van der Waals surface area contributed by atoms with Crippen LogP contribution in [0.3, 0.4) is 0 Å². The van der Waals surface area contributed by atoms with Gasteiger partial charge in [-0.3, -0.25) is 9.59 Å². The Labute approximate surface area is 182 Å². The van der Waals surface area contributed by atoms with Crippen LogP contribution >= 0.6 is 0 Å². The number of phenols is 1. The molecule has 1 heterocycles. The first-order valence-electron chi connectivity index (χ1n) is 11.0. The lowest BCUT2D eigenvalue weighted by Crippen LogP contribution is -2.36. The Morgan fingerprint density at radius 3 is 2.58 bits per heavy atom. The molecular formula is C25H29NO5. The third-order valence-electron chi connectivity index (χ3n) is 6.40. The summed E-state index contributed by atoms with van der Waals surface area (Å²) >= 11 is 0. The second kappa shape index (κ2) is 9.86.